The maximum absolute atomic E-state index is 12.6. The second-order valence-corrected chi connectivity index (χ2v) is 18.2. The minimum Gasteiger partial charge on any atom is -0.459 e. The van der Waals surface area contributed by atoms with Gasteiger partial charge in [0, 0.05) is 49.4 Å². The Kier molecular flexibility index (Phi) is 19.3. The standard InChI is InChI=1S/C41H69N5O12/c1-28(2)32(47)53-16-18-57-36(51)44-30-20-38(5,6)24-40(9,22-30)26-42-34(49)55-14-12-46(11)13-15-56-35(50)43-27-41(10)23-31(21-39(7,8)25-41)45-37(52)58-19-17-54-33(48)29(3)4/h30-31H,1,3,12-27H2,2,4-11H3,(H,42,49)(H,43,50)(H,44,51)(H,45,52). The predicted octanol–water partition coefficient (Wildman–Crippen LogP) is 5.23. The Hall–Kier alpha value is -4.54. The quantitative estimate of drug-likeness (QED) is 0.0537. The normalized spacial score (nSPS) is 23.3. The van der Waals surface area contributed by atoms with Gasteiger partial charge in [0.15, 0.2) is 0 Å². The van der Waals surface area contributed by atoms with Gasteiger partial charge in [-0.2, -0.15) is 0 Å². The molecule has 4 atom stereocenters. The van der Waals surface area contributed by atoms with E-state index in [0.717, 1.165) is 25.7 Å². The fourth-order valence-corrected chi connectivity index (χ4v) is 8.31. The lowest BCUT2D eigenvalue weighted by atomic mass is 9.62. The van der Waals surface area contributed by atoms with Crippen molar-refractivity contribution in [2.45, 2.75) is 106 Å². The van der Waals surface area contributed by atoms with E-state index < -0.39 is 36.3 Å². The molecule has 2 fully saturated rings. The Labute approximate surface area is 344 Å². The van der Waals surface area contributed by atoms with Crippen LogP contribution in [0.15, 0.2) is 24.3 Å². The number of nitrogens with zero attached hydrogens (tertiary/aromatic N) is 1. The number of ether oxygens (including phenoxy) is 6. The molecule has 0 aromatic carbocycles. The zero-order chi connectivity index (χ0) is 43.7. The first-order chi connectivity index (χ1) is 26.9. The lowest BCUT2D eigenvalue weighted by Gasteiger charge is -2.46. The molecule has 17 nitrogen and oxygen atoms in total. The molecule has 2 aliphatic rings. The van der Waals surface area contributed by atoms with Gasteiger partial charge in [-0.1, -0.05) is 54.7 Å². The Morgan fingerprint density at radius 2 is 0.862 bits per heavy atom. The third-order valence-corrected chi connectivity index (χ3v) is 10.1. The van der Waals surface area contributed by atoms with E-state index in [-0.39, 0.29) is 84.5 Å². The summed E-state index contributed by atoms with van der Waals surface area (Å²) in [4.78, 5) is 74.9. The number of hydrogen-bond donors (Lipinski definition) is 4. The first-order valence-corrected chi connectivity index (χ1v) is 19.9. The first-order valence-electron chi connectivity index (χ1n) is 19.9. The smallest absolute Gasteiger partial charge is 0.407 e. The molecule has 17 heteroatoms. The molecule has 4 unspecified atom stereocenters. The summed E-state index contributed by atoms with van der Waals surface area (Å²) >= 11 is 0. The van der Waals surface area contributed by atoms with Crippen molar-refractivity contribution >= 4 is 36.3 Å². The van der Waals surface area contributed by atoms with Crippen LogP contribution in [0.1, 0.15) is 93.9 Å². The van der Waals surface area contributed by atoms with Crippen LogP contribution < -0.4 is 21.3 Å². The summed E-state index contributed by atoms with van der Waals surface area (Å²) in [7, 11) is 1.83. The molecular weight excluding hydrogens is 754 g/mol. The van der Waals surface area contributed by atoms with Gasteiger partial charge in [-0.25, -0.2) is 28.8 Å². The maximum Gasteiger partial charge on any atom is 0.407 e. The van der Waals surface area contributed by atoms with Crippen molar-refractivity contribution in [2.75, 3.05) is 72.9 Å². The Balaban J connectivity index is 1.66. The van der Waals surface area contributed by atoms with Crippen LogP contribution in [0.2, 0.25) is 0 Å². The van der Waals surface area contributed by atoms with E-state index in [9.17, 15) is 28.8 Å². The molecule has 0 radical (unpaired) electrons. The number of carbonyl (C=O) groups is 6. The molecule has 0 saturated heterocycles. The lowest BCUT2D eigenvalue weighted by Crippen LogP contribution is -2.50. The van der Waals surface area contributed by atoms with E-state index in [4.69, 9.17) is 28.4 Å². The van der Waals surface area contributed by atoms with Crippen molar-refractivity contribution < 1.29 is 57.2 Å². The van der Waals surface area contributed by atoms with Crippen molar-refractivity contribution in [1.29, 1.82) is 0 Å². The van der Waals surface area contributed by atoms with Crippen molar-refractivity contribution in [1.82, 2.24) is 26.2 Å². The molecule has 4 N–H and O–H groups in total. The number of nitrogens with one attached hydrogen (secondary N) is 4. The highest BCUT2D eigenvalue weighted by atomic mass is 16.6. The minimum absolute atomic E-state index is 0.0651. The highest BCUT2D eigenvalue weighted by Crippen LogP contribution is 2.47. The molecule has 0 aliphatic heterocycles. The SMILES string of the molecule is C=C(C)C(=O)OCCOC(=O)NC1CC(C)(C)CC(C)(CNC(=O)OCCN(C)CCOC(=O)NCC2(C)CC(NC(=O)OCCOC(=O)C(=C)C)CC(C)(C)C2)C1. The second-order valence-electron chi connectivity index (χ2n) is 18.2. The fraction of sp³-hybridized carbons (Fsp3) is 0.756. The number of carbonyl (C=O) groups excluding carboxylic acids is 6. The topological polar surface area (TPSA) is 209 Å². The van der Waals surface area contributed by atoms with Crippen molar-refractivity contribution in [3.8, 4) is 0 Å². The van der Waals surface area contributed by atoms with Gasteiger partial charge in [0.1, 0.15) is 39.6 Å². The Morgan fingerprint density at radius 3 is 1.21 bits per heavy atom. The molecule has 0 bridgehead atoms. The molecule has 2 saturated carbocycles. The van der Waals surface area contributed by atoms with Crippen molar-refractivity contribution in [3.05, 3.63) is 24.3 Å². The van der Waals surface area contributed by atoms with Crippen LogP contribution in [0.5, 0.6) is 0 Å². The molecule has 2 rings (SSSR count). The molecule has 330 valence electrons. The second kappa shape index (κ2) is 22.6. The number of hydrogen-bond acceptors (Lipinski definition) is 13. The van der Waals surface area contributed by atoms with Crippen molar-refractivity contribution in [2.24, 2.45) is 21.7 Å². The van der Waals surface area contributed by atoms with Crippen LogP contribution in [-0.2, 0) is 38.0 Å². The van der Waals surface area contributed by atoms with Gasteiger partial charge in [-0.15, -0.1) is 0 Å². The highest BCUT2D eigenvalue weighted by molar-refractivity contribution is 5.87. The zero-order valence-corrected chi connectivity index (χ0v) is 36.2. The van der Waals surface area contributed by atoms with Gasteiger partial charge in [0.05, 0.1) is 0 Å². The molecule has 0 aromatic heterocycles. The third-order valence-electron chi connectivity index (χ3n) is 10.1. The monoisotopic (exact) mass is 823 g/mol. The Bertz CT molecular complexity index is 1360. The van der Waals surface area contributed by atoms with Gasteiger partial charge in [-0.05, 0) is 81.1 Å². The molecule has 58 heavy (non-hydrogen) atoms. The zero-order valence-electron chi connectivity index (χ0n) is 36.2. The van der Waals surface area contributed by atoms with Gasteiger partial charge >= 0.3 is 36.3 Å². The summed E-state index contributed by atoms with van der Waals surface area (Å²) in [5, 5.41) is 11.6. The predicted molar refractivity (Wildman–Crippen MR) is 216 cm³/mol. The molecular formula is C41H69N5O12. The largest absolute Gasteiger partial charge is 0.459 e. The average molecular weight is 824 g/mol. The van der Waals surface area contributed by atoms with E-state index in [2.05, 4.69) is 76.0 Å². The van der Waals surface area contributed by atoms with E-state index in [1.807, 2.05) is 11.9 Å². The molecule has 2 aliphatic carbocycles. The number of esters is 2. The first kappa shape index (κ1) is 49.6. The Morgan fingerprint density at radius 1 is 0.534 bits per heavy atom. The van der Waals surface area contributed by atoms with Gasteiger partial charge in [0.2, 0.25) is 0 Å². The van der Waals surface area contributed by atoms with Crippen LogP contribution >= 0.6 is 0 Å². The number of likely N-dealkylation sites (N-methyl/N-ethyl adjacent to an activating group) is 1. The summed E-state index contributed by atoms with van der Waals surface area (Å²) in [5.41, 5.74) is -0.306. The van der Waals surface area contributed by atoms with Crippen LogP contribution in [0.3, 0.4) is 0 Å². The van der Waals surface area contributed by atoms with Gasteiger partial charge < -0.3 is 49.7 Å². The lowest BCUT2D eigenvalue weighted by molar-refractivity contribution is -0.140. The summed E-state index contributed by atoms with van der Waals surface area (Å²) in [6, 6.07) is -0.353. The van der Waals surface area contributed by atoms with Crippen LogP contribution in [0.4, 0.5) is 19.2 Å². The van der Waals surface area contributed by atoms with E-state index in [1.165, 1.54) is 13.8 Å². The molecule has 0 aromatic rings. The van der Waals surface area contributed by atoms with Crippen LogP contribution in [-0.4, -0.2) is 126 Å². The number of rotatable bonds is 20. The molecule has 4 amide bonds. The fourth-order valence-electron chi connectivity index (χ4n) is 8.31. The number of alkyl carbamates (subject to hydrolysis) is 4. The third kappa shape index (κ3) is 19.7. The van der Waals surface area contributed by atoms with Crippen molar-refractivity contribution in [3.63, 3.8) is 0 Å². The average Bonchev–Trinajstić information content (AvgIpc) is 3.08. The number of amides is 4. The van der Waals surface area contributed by atoms with Crippen LogP contribution in [0, 0.1) is 21.7 Å². The summed E-state index contributed by atoms with van der Waals surface area (Å²) in [6.45, 7) is 24.2. The van der Waals surface area contributed by atoms with Gasteiger partial charge in [0.25, 0.3) is 0 Å². The molecule has 0 spiro atoms. The maximum atomic E-state index is 12.6. The molecule has 0 heterocycles. The summed E-state index contributed by atoms with van der Waals surface area (Å²) in [5.74, 6) is -1.09. The van der Waals surface area contributed by atoms with E-state index in [1.54, 1.807) is 0 Å². The van der Waals surface area contributed by atoms with E-state index in [0.29, 0.717) is 39.0 Å². The highest BCUT2D eigenvalue weighted by Gasteiger charge is 2.43. The van der Waals surface area contributed by atoms with Crippen LogP contribution in [0.25, 0.3) is 0 Å². The van der Waals surface area contributed by atoms with E-state index >= 15 is 0 Å². The van der Waals surface area contributed by atoms with Gasteiger partial charge in [-0.3, -0.25) is 4.90 Å². The summed E-state index contributed by atoms with van der Waals surface area (Å²) in [6.07, 6.45) is 2.09. The summed E-state index contributed by atoms with van der Waals surface area (Å²) < 4.78 is 31.1. The minimum atomic E-state index is -0.596.